The van der Waals surface area contributed by atoms with E-state index in [1.807, 2.05) is 0 Å². The van der Waals surface area contributed by atoms with Crippen molar-refractivity contribution in [1.82, 2.24) is 4.90 Å². The highest BCUT2D eigenvalue weighted by Gasteiger charge is 2.15. The number of methoxy groups -OCH3 is 3. The van der Waals surface area contributed by atoms with Crippen molar-refractivity contribution in [1.29, 1.82) is 0 Å². The maximum Gasteiger partial charge on any atom is 0.322 e. The minimum atomic E-state index is -0.553. The maximum absolute atomic E-state index is 11.2. The zero-order valence-corrected chi connectivity index (χ0v) is 11.7. The average Bonchev–Trinajstić information content (AvgIpc) is 2.39. The van der Waals surface area contributed by atoms with Gasteiger partial charge in [0.05, 0.1) is 13.7 Å². The number of carbonyl (C=O) groups excluding carboxylic acids is 1. The molecule has 6 heteroatoms. The molecule has 0 aromatic carbocycles. The largest absolute Gasteiger partial charge is 0.468 e. The number of hydrogen-bond acceptors (Lipinski definition) is 6. The van der Waals surface area contributed by atoms with E-state index in [0.717, 1.165) is 32.7 Å². The van der Waals surface area contributed by atoms with Crippen LogP contribution in [0.2, 0.25) is 0 Å². The topological polar surface area (TPSA) is 74.0 Å². The Morgan fingerprint density at radius 2 is 1.78 bits per heavy atom. The van der Waals surface area contributed by atoms with Crippen LogP contribution in [0.3, 0.4) is 0 Å². The Morgan fingerprint density at radius 1 is 1.11 bits per heavy atom. The summed E-state index contributed by atoms with van der Waals surface area (Å²) < 4.78 is 14.7. The van der Waals surface area contributed by atoms with Crippen molar-refractivity contribution in [3.05, 3.63) is 0 Å². The van der Waals surface area contributed by atoms with Gasteiger partial charge in [-0.1, -0.05) is 0 Å². The lowest BCUT2D eigenvalue weighted by Crippen LogP contribution is -2.38. The highest BCUT2D eigenvalue weighted by Crippen LogP contribution is 1.99. The Hall–Kier alpha value is -0.690. The SMILES string of the molecule is COCCCN(CCOC)CCC(N)C(=O)OC. The van der Waals surface area contributed by atoms with E-state index in [2.05, 4.69) is 9.64 Å². The molecule has 0 rings (SSSR count). The predicted octanol–water partition coefficient (Wildman–Crippen LogP) is -0.138. The molecular formula is C12H26N2O4. The quantitative estimate of drug-likeness (QED) is 0.413. The molecule has 0 aliphatic heterocycles. The Morgan fingerprint density at radius 3 is 2.33 bits per heavy atom. The highest BCUT2D eigenvalue weighted by atomic mass is 16.5. The average molecular weight is 262 g/mol. The Kier molecular flexibility index (Phi) is 11.0. The summed E-state index contributed by atoms with van der Waals surface area (Å²) in [4.78, 5) is 13.4. The molecule has 2 N–H and O–H groups in total. The van der Waals surface area contributed by atoms with Crippen molar-refractivity contribution >= 4 is 5.97 Å². The number of esters is 1. The molecule has 0 fully saturated rings. The van der Waals surface area contributed by atoms with Gasteiger partial charge in [-0.15, -0.1) is 0 Å². The fraction of sp³-hybridized carbons (Fsp3) is 0.917. The summed E-state index contributed by atoms with van der Waals surface area (Å²) >= 11 is 0. The second kappa shape index (κ2) is 11.4. The summed E-state index contributed by atoms with van der Waals surface area (Å²) in [5.74, 6) is -0.362. The van der Waals surface area contributed by atoms with Crippen LogP contribution >= 0.6 is 0 Å². The van der Waals surface area contributed by atoms with Crippen LogP contribution in [0, 0.1) is 0 Å². The van der Waals surface area contributed by atoms with Gasteiger partial charge in [0.2, 0.25) is 0 Å². The molecule has 1 atom stereocenters. The summed E-state index contributed by atoms with van der Waals surface area (Å²) in [6, 6.07) is -0.553. The lowest BCUT2D eigenvalue weighted by atomic mass is 10.2. The first-order valence-corrected chi connectivity index (χ1v) is 6.19. The van der Waals surface area contributed by atoms with Crippen LogP contribution in [0.4, 0.5) is 0 Å². The van der Waals surface area contributed by atoms with Crippen molar-refractivity contribution in [3.8, 4) is 0 Å². The monoisotopic (exact) mass is 262 g/mol. The first kappa shape index (κ1) is 17.3. The second-order valence-electron chi connectivity index (χ2n) is 4.10. The van der Waals surface area contributed by atoms with Gasteiger partial charge in [0, 0.05) is 40.5 Å². The van der Waals surface area contributed by atoms with Crippen LogP contribution < -0.4 is 5.73 Å². The molecule has 0 radical (unpaired) electrons. The van der Waals surface area contributed by atoms with E-state index in [0.29, 0.717) is 13.0 Å². The standard InChI is InChI=1S/C12H26N2O4/c1-16-9-4-6-14(8-10-17-2)7-5-11(13)12(15)18-3/h11H,4-10,13H2,1-3H3. The van der Waals surface area contributed by atoms with E-state index >= 15 is 0 Å². The summed E-state index contributed by atoms with van der Waals surface area (Å²) in [7, 11) is 4.71. The van der Waals surface area contributed by atoms with Gasteiger partial charge in [-0.2, -0.15) is 0 Å². The van der Waals surface area contributed by atoms with Crippen LogP contribution in [-0.2, 0) is 19.0 Å². The fourth-order valence-corrected chi connectivity index (χ4v) is 1.58. The maximum atomic E-state index is 11.2. The van der Waals surface area contributed by atoms with Gasteiger partial charge in [-0.05, 0) is 12.8 Å². The van der Waals surface area contributed by atoms with E-state index in [9.17, 15) is 4.79 Å². The Balaban J connectivity index is 3.94. The fourth-order valence-electron chi connectivity index (χ4n) is 1.58. The van der Waals surface area contributed by atoms with Gasteiger partial charge in [-0.25, -0.2) is 0 Å². The van der Waals surface area contributed by atoms with Gasteiger partial charge in [0.1, 0.15) is 6.04 Å². The third kappa shape index (κ3) is 8.41. The highest BCUT2D eigenvalue weighted by molar-refractivity contribution is 5.75. The van der Waals surface area contributed by atoms with E-state index in [-0.39, 0.29) is 5.97 Å². The zero-order chi connectivity index (χ0) is 13.8. The molecule has 18 heavy (non-hydrogen) atoms. The van der Waals surface area contributed by atoms with Crippen LogP contribution in [-0.4, -0.2) is 71.1 Å². The predicted molar refractivity (Wildman–Crippen MR) is 69.4 cm³/mol. The van der Waals surface area contributed by atoms with Crippen molar-refractivity contribution in [3.63, 3.8) is 0 Å². The number of rotatable bonds is 11. The smallest absolute Gasteiger partial charge is 0.322 e. The molecule has 0 amide bonds. The lowest BCUT2D eigenvalue weighted by molar-refractivity contribution is -0.142. The molecule has 0 heterocycles. The molecule has 0 aromatic rings. The van der Waals surface area contributed by atoms with E-state index in [1.165, 1.54) is 7.11 Å². The van der Waals surface area contributed by atoms with E-state index < -0.39 is 6.04 Å². The summed E-state index contributed by atoms with van der Waals surface area (Å²) in [5.41, 5.74) is 5.70. The third-order valence-corrected chi connectivity index (χ3v) is 2.69. The summed E-state index contributed by atoms with van der Waals surface area (Å²) in [5, 5.41) is 0. The van der Waals surface area contributed by atoms with Gasteiger partial charge in [-0.3, -0.25) is 4.79 Å². The normalized spacial score (nSPS) is 12.7. The molecule has 0 saturated heterocycles. The molecule has 0 bridgehead atoms. The van der Waals surface area contributed by atoms with Crippen molar-refractivity contribution < 1.29 is 19.0 Å². The van der Waals surface area contributed by atoms with Crippen LogP contribution in [0.15, 0.2) is 0 Å². The molecule has 0 saturated carbocycles. The number of carbonyl (C=O) groups is 1. The molecule has 0 aromatic heterocycles. The number of hydrogen-bond donors (Lipinski definition) is 1. The summed E-state index contributed by atoms with van der Waals surface area (Å²) in [6.07, 6.45) is 1.54. The Bertz CT molecular complexity index is 214. The van der Waals surface area contributed by atoms with Gasteiger partial charge in [0.25, 0.3) is 0 Å². The van der Waals surface area contributed by atoms with E-state index in [4.69, 9.17) is 15.2 Å². The minimum absolute atomic E-state index is 0.362. The minimum Gasteiger partial charge on any atom is -0.468 e. The lowest BCUT2D eigenvalue weighted by Gasteiger charge is -2.22. The van der Waals surface area contributed by atoms with Crippen LogP contribution in [0.5, 0.6) is 0 Å². The first-order chi connectivity index (χ1) is 8.65. The number of nitrogens with zero attached hydrogens (tertiary/aromatic N) is 1. The molecule has 1 unspecified atom stereocenters. The second-order valence-corrected chi connectivity index (χ2v) is 4.10. The molecule has 108 valence electrons. The van der Waals surface area contributed by atoms with Crippen molar-refractivity contribution in [2.24, 2.45) is 5.73 Å². The zero-order valence-electron chi connectivity index (χ0n) is 11.7. The molecule has 0 spiro atoms. The van der Waals surface area contributed by atoms with Gasteiger partial charge in [0.15, 0.2) is 0 Å². The third-order valence-electron chi connectivity index (χ3n) is 2.69. The Labute approximate surface area is 109 Å². The number of nitrogens with two attached hydrogens (primary N) is 1. The van der Waals surface area contributed by atoms with Crippen molar-refractivity contribution in [2.45, 2.75) is 18.9 Å². The van der Waals surface area contributed by atoms with E-state index in [1.54, 1.807) is 14.2 Å². The molecular weight excluding hydrogens is 236 g/mol. The molecule has 0 aliphatic carbocycles. The molecule has 6 nitrogen and oxygen atoms in total. The van der Waals surface area contributed by atoms with Crippen LogP contribution in [0.1, 0.15) is 12.8 Å². The number of ether oxygens (including phenoxy) is 3. The first-order valence-electron chi connectivity index (χ1n) is 6.19. The molecule has 0 aliphatic rings. The van der Waals surface area contributed by atoms with Gasteiger partial charge < -0.3 is 24.8 Å². The van der Waals surface area contributed by atoms with Crippen molar-refractivity contribution in [2.75, 3.05) is 54.2 Å². The van der Waals surface area contributed by atoms with Gasteiger partial charge >= 0.3 is 5.97 Å². The summed E-state index contributed by atoms with van der Waals surface area (Å²) in [6.45, 7) is 3.88. The van der Waals surface area contributed by atoms with Crippen LogP contribution in [0.25, 0.3) is 0 Å².